The lowest BCUT2D eigenvalue weighted by Gasteiger charge is -2.18. The number of carbonyl (C=O) groups is 3. The average molecular weight is 859 g/mol. The number of hydrogen-bond acceptors (Lipinski definition) is 6. The first-order valence-corrected chi connectivity index (χ1v) is 26.9. The summed E-state index contributed by atoms with van der Waals surface area (Å²) in [5, 5.41) is 0. The summed E-state index contributed by atoms with van der Waals surface area (Å²) in [6, 6.07) is 0. The van der Waals surface area contributed by atoms with Gasteiger partial charge in [0.25, 0.3) is 0 Å². The minimum absolute atomic E-state index is 0.0746. The molecule has 0 spiro atoms. The molecule has 0 N–H and O–H groups in total. The number of carbonyl (C=O) groups excluding carboxylic acids is 3. The highest BCUT2D eigenvalue weighted by Gasteiger charge is 2.19. The quantitative estimate of drug-likeness (QED) is 0.0262. The van der Waals surface area contributed by atoms with Crippen LogP contribution in [0.2, 0.25) is 0 Å². The molecule has 0 aliphatic heterocycles. The van der Waals surface area contributed by atoms with Crippen molar-refractivity contribution < 1.29 is 28.6 Å². The fourth-order valence-corrected chi connectivity index (χ4v) is 7.91. The van der Waals surface area contributed by atoms with Gasteiger partial charge in [-0.1, -0.05) is 251 Å². The average Bonchev–Trinajstić information content (AvgIpc) is 3.26. The minimum atomic E-state index is -0.775. The molecule has 0 bridgehead atoms. The number of ether oxygens (including phenoxy) is 3. The Morgan fingerprint density at radius 3 is 0.885 bits per heavy atom. The van der Waals surface area contributed by atoms with E-state index in [1.807, 2.05) is 0 Å². The van der Waals surface area contributed by atoms with Crippen molar-refractivity contribution in [1.82, 2.24) is 0 Å². The van der Waals surface area contributed by atoms with Gasteiger partial charge in [0.15, 0.2) is 6.10 Å². The molecule has 0 aliphatic carbocycles. The summed E-state index contributed by atoms with van der Waals surface area (Å²) in [5.74, 6) is -0.886. The van der Waals surface area contributed by atoms with Crippen LogP contribution in [-0.4, -0.2) is 37.2 Å². The summed E-state index contributed by atoms with van der Waals surface area (Å²) in [7, 11) is 0. The third kappa shape index (κ3) is 48.8. The van der Waals surface area contributed by atoms with Crippen LogP contribution in [0.3, 0.4) is 0 Å². The second-order valence-electron chi connectivity index (χ2n) is 18.2. The van der Waals surface area contributed by atoms with Crippen LogP contribution in [0.5, 0.6) is 0 Å². The topological polar surface area (TPSA) is 78.9 Å². The number of hydrogen-bond donors (Lipinski definition) is 0. The van der Waals surface area contributed by atoms with Gasteiger partial charge in [0.05, 0.1) is 0 Å². The first-order chi connectivity index (χ1) is 30.0. The van der Waals surface area contributed by atoms with Gasteiger partial charge in [0, 0.05) is 19.3 Å². The van der Waals surface area contributed by atoms with Gasteiger partial charge in [-0.05, 0) is 44.9 Å². The van der Waals surface area contributed by atoms with E-state index in [0.29, 0.717) is 19.3 Å². The van der Waals surface area contributed by atoms with Gasteiger partial charge in [-0.2, -0.15) is 0 Å². The van der Waals surface area contributed by atoms with E-state index in [-0.39, 0.29) is 31.1 Å². The predicted molar refractivity (Wildman–Crippen MR) is 261 cm³/mol. The Labute approximate surface area is 379 Å². The Kier molecular flexibility index (Phi) is 48.8. The van der Waals surface area contributed by atoms with E-state index < -0.39 is 6.10 Å². The zero-order valence-electron chi connectivity index (χ0n) is 40.9. The molecule has 0 amide bonds. The van der Waals surface area contributed by atoms with Crippen LogP contribution in [0.4, 0.5) is 0 Å². The molecule has 0 saturated carbocycles. The summed E-state index contributed by atoms with van der Waals surface area (Å²) in [5.41, 5.74) is 0. The maximum atomic E-state index is 12.8. The molecule has 1 unspecified atom stereocenters. The van der Waals surface area contributed by atoms with Crippen LogP contribution in [0, 0.1) is 0 Å². The van der Waals surface area contributed by atoms with E-state index in [1.54, 1.807) is 0 Å². The predicted octanol–water partition coefficient (Wildman–Crippen LogP) is 17.5. The van der Waals surface area contributed by atoms with Crippen LogP contribution in [0.1, 0.15) is 290 Å². The molecule has 0 saturated heterocycles. The molecule has 6 heteroatoms. The van der Waals surface area contributed by atoms with E-state index in [1.165, 1.54) is 180 Å². The summed E-state index contributed by atoms with van der Waals surface area (Å²) in [4.78, 5) is 38.0. The molecule has 0 aromatic heterocycles. The number of rotatable bonds is 49. The van der Waals surface area contributed by atoms with Gasteiger partial charge in [0.1, 0.15) is 13.2 Å². The normalized spacial score (nSPS) is 12.1. The van der Waals surface area contributed by atoms with Crippen molar-refractivity contribution in [3.05, 3.63) is 24.3 Å². The molecule has 0 heterocycles. The molecule has 358 valence electrons. The van der Waals surface area contributed by atoms with Crippen LogP contribution >= 0.6 is 0 Å². The molecule has 0 fully saturated rings. The van der Waals surface area contributed by atoms with E-state index in [9.17, 15) is 14.4 Å². The Hall–Kier alpha value is -2.11. The second-order valence-corrected chi connectivity index (χ2v) is 18.2. The zero-order valence-corrected chi connectivity index (χ0v) is 40.9. The van der Waals surface area contributed by atoms with Crippen molar-refractivity contribution in [1.29, 1.82) is 0 Å². The van der Waals surface area contributed by atoms with Gasteiger partial charge in [-0.25, -0.2) is 0 Å². The van der Waals surface area contributed by atoms with Crippen molar-refractivity contribution in [3.63, 3.8) is 0 Å². The number of unbranched alkanes of at least 4 members (excludes halogenated alkanes) is 35. The molecule has 0 radical (unpaired) electrons. The van der Waals surface area contributed by atoms with Crippen molar-refractivity contribution in [3.8, 4) is 0 Å². The van der Waals surface area contributed by atoms with E-state index in [2.05, 4.69) is 45.1 Å². The van der Waals surface area contributed by atoms with E-state index in [4.69, 9.17) is 14.2 Å². The molecule has 0 aliphatic rings. The standard InChI is InChI=1S/C55H102O6/c1-4-7-10-13-16-19-22-25-27-29-30-33-36-39-42-45-48-54(57)60-51-52(50-59-53(56)47-44-41-38-35-32-24-21-18-15-12-9-6-3)61-55(58)49-46-43-40-37-34-31-28-26-23-20-17-14-11-8-5-2/h27,29-30,33,52H,4-26,28,31-32,34-51H2,1-3H3/b29-27-,33-30-. The van der Waals surface area contributed by atoms with E-state index >= 15 is 0 Å². The fraction of sp³-hybridized carbons (Fsp3) is 0.873. The lowest BCUT2D eigenvalue weighted by atomic mass is 10.0. The summed E-state index contributed by atoms with van der Waals surface area (Å²) in [6.45, 7) is 6.64. The lowest BCUT2D eigenvalue weighted by Crippen LogP contribution is -2.30. The number of allylic oxidation sites excluding steroid dienone is 4. The van der Waals surface area contributed by atoms with Gasteiger partial charge in [-0.15, -0.1) is 0 Å². The largest absolute Gasteiger partial charge is 0.462 e. The van der Waals surface area contributed by atoms with Gasteiger partial charge in [0.2, 0.25) is 0 Å². The Morgan fingerprint density at radius 2 is 0.574 bits per heavy atom. The summed E-state index contributed by atoms with van der Waals surface area (Å²) < 4.78 is 16.8. The first kappa shape index (κ1) is 58.9. The van der Waals surface area contributed by atoms with Crippen molar-refractivity contribution >= 4 is 17.9 Å². The third-order valence-corrected chi connectivity index (χ3v) is 12.0. The number of esters is 3. The van der Waals surface area contributed by atoms with Crippen LogP contribution in [0.15, 0.2) is 24.3 Å². The minimum Gasteiger partial charge on any atom is -0.462 e. The molecule has 61 heavy (non-hydrogen) atoms. The van der Waals surface area contributed by atoms with Gasteiger partial charge in [-0.3, -0.25) is 14.4 Å². The Bertz CT molecular complexity index is 989. The highest BCUT2D eigenvalue weighted by Crippen LogP contribution is 2.16. The van der Waals surface area contributed by atoms with Crippen molar-refractivity contribution in [2.75, 3.05) is 13.2 Å². The molecule has 6 nitrogen and oxygen atoms in total. The first-order valence-electron chi connectivity index (χ1n) is 26.9. The Balaban J connectivity index is 4.37. The van der Waals surface area contributed by atoms with Crippen LogP contribution < -0.4 is 0 Å². The van der Waals surface area contributed by atoms with Crippen molar-refractivity contribution in [2.24, 2.45) is 0 Å². The lowest BCUT2D eigenvalue weighted by molar-refractivity contribution is -0.167. The molecule has 0 rings (SSSR count). The zero-order chi connectivity index (χ0) is 44.4. The SMILES string of the molecule is CCCCCCCCC/C=C\C=C/CCCCCC(=O)OCC(COC(=O)CCCCCCCCCCCCCC)OC(=O)CCCCCCCCCCCCCCCCC. The molecule has 1 atom stereocenters. The maximum Gasteiger partial charge on any atom is 0.306 e. The fourth-order valence-electron chi connectivity index (χ4n) is 7.91. The molecular weight excluding hydrogens is 757 g/mol. The monoisotopic (exact) mass is 859 g/mol. The highest BCUT2D eigenvalue weighted by molar-refractivity contribution is 5.71. The van der Waals surface area contributed by atoms with E-state index in [0.717, 1.165) is 70.6 Å². The maximum absolute atomic E-state index is 12.8. The van der Waals surface area contributed by atoms with Crippen LogP contribution in [0.25, 0.3) is 0 Å². The smallest absolute Gasteiger partial charge is 0.306 e. The molecule has 0 aromatic rings. The summed E-state index contributed by atoms with van der Waals surface area (Å²) in [6.07, 6.45) is 57.3. The third-order valence-electron chi connectivity index (χ3n) is 12.0. The van der Waals surface area contributed by atoms with Gasteiger partial charge < -0.3 is 14.2 Å². The second kappa shape index (κ2) is 50.5. The molecular formula is C55H102O6. The van der Waals surface area contributed by atoms with Crippen LogP contribution in [-0.2, 0) is 28.6 Å². The summed E-state index contributed by atoms with van der Waals surface area (Å²) >= 11 is 0. The molecule has 0 aromatic carbocycles. The van der Waals surface area contributed by atoms with Gasteiger partial charge >= 0.3 is 17.9 Å². The Morgan fingerprint density at radius 1 is 0.328 bits per heavy atom. The van der Waals surface area contributed by atoms with Crippen molar-refractivity contribution in [2.45, 2.75) is 297 Å². The highest BCUT2D eigenvalue weighted by atomic mass is 16.6.